The third kappa shape index (κ3) is 3.86. The van der Waals surface area contributed by atoms with Crippen molar-refractivity contribution < 1.29 is 9.90 Å². The Morgan fingerprint density at radius 3 is 2.81 bits per heavy atom. The third-order valence-corrected chi connectivity index (χ3v) is 4.85. The minimum Gasteiger partial charge on any atom is -0.394 e. The SMILES string of the molecule is CC(C)(C)c1cc(NC(=O)N2CCCC2CO)n(-c2cccc(Cl)c2)n1. The average Bonchev–Trinajstić information content (AvgIpc) is 3.20. The second-order valence-electron chi connectivity index (χ2n) is 7.66. The van der Waals surface area contributed by atoms with Gasteiger partial charge in [0.2, 0.25) is 0 Å². The predicted octanol–water partition coefficient (Wildman–Crippen LogP) is 3.81. The van der Waals surface area contributed by atoms with Gasteiger partial charge in [0.1, 0.15) is 5.82 Å². The van der Waals surface area contributed by atoms with Crippen LogP contribution < -0.4 is 5.32 Å². The number of urea groups is 1. The summed E-state index contributed by atoms with van der Waals surface area (Å²) in [5, 5.41) is 17.7. The highest BCUT2D eigenvalue weighted by molar-refractivity contribution is 6.30. The van der Waals surface area contributed by atoms with E-state index in [-0.39, 0.29) is 24.1 Å². The van der Waals surface area contributed by atoms with Crippen LogP contribution in [0.2, 0.25) is 5.02 Å². The Balaban J connectivity index is 1.95. The van der Waals surface area contributed by atoms with E-state index in [0.29, 0.717) is 17.4 Å². The number of halogens is 1. The molecular weight excluding hydrogens is 352 g/mol. The van der Waals surface area contributed by atoms with Gasteiger partial charge in [0.25, 0.3) is 0 Å². The van der Waals surface area contributed by atoms with Crippen molar-refractivity contribution in [2.45, 2.75) is 45.1 Å². The van der Waals surface area contributed by atoms with Crippen LogP contribution in [0.15, 0.2) is 30.3 Å². The van der Waals surface area contributed by atoms with E-state index in [1.807, 2.05) is 24.3 Å². The molecule has 7 heteroatoms. The zero-order valence-electron chi connectivity index (χ0n) is 15.4. The number of likely N-dealkylation sites (tertiary alicyclic amines) is 1. The topological polar surface area (TPSA) is 70.4 Å². The summed E-state index contributed by atoms with van der Waals surface area (Å²) in [6, 6.07) is 8.90. The van der Waals surface area contributed by atoms with Crippen LogP contribution in [0.3, 0.4) is 0 Å². The van der Waals surface area contributed by atoms with Gasteiger partial charge in [0.15, 0.2) is 0 Å². The minimum atomic E-state index is -0.217. The largest absolute Gasteiger partial charge is 0.394 e. The number of carbonyl (C=O) groups is 1. The highest BCUT2D eigenvalue weighted by Gasteiger charge is 2.29. The third-order valence-electron chi connectivity index (χ3n) is 4.61. The maximum atomic E-state index is 12.7. The van der Waals surface area contributed by atoms with Crippen molar-refractivity contribution in [3.8, 4) is 5.69 Å². The minimum absolute atomic E-state index is 0.0196. The molecular formula is C19H25ClN4O2. The summed E-state index contributed by atoms with van der Waals surface area (Å²) >= 11 is 6.13. The summed E-state index contributed by atoms with van der Waals surface area (Å²) in [6.45, 7) is 6.85. The molecule has 1 aromatic heterocycles. The summed E-state index contributed by atoms with van der Waals surface area (Å²) in [6.07, 6.45) is 1.73. The van der Waals surface area contributed by atoms with E-state index in [1.54, 1.807) is 15.6 Å². The molecule has 0 saturated carbocycles. The number of hydrogen-bond acceptors (Lipinski definition) is 3. The Morgan fingerprint density at radius 2 is 2.15 bits per heavy atom. The lowest BCUT2D eigenvalue weighted by Crippen LogP contribution is -2.40. The van der Waals surface area contributed by atoms with Gasteiger partial charge in [-0.2, -0.15) is 5.10 Å². The zero-order chi connectivity index (χ0) is 18.9. The van der Waals surface area contributed by atoms with Crippen LogP contribution in [0, 0.1) is 0 Å². The number of aliphatic hydroxyl groups excluding tert-OH is 1. The number of rotatable bonds is 3. The van der Waals surface area contributed by atoms with E-state index in [4.69, 9.17) is 11.6 Å². The van der Waals surface area contributed by atoms with Gasteiger partial charge in [0, 0.05) is 23.0 Å². The number of anilines is 1. The van der Waals surface area contributed by atoms with Crippen LogP contribution in [0.4, 0.5) is 10.6 Å². The van der Waals surface area contributed by atoms with Gasteiger partial charge >= 0.3 is 6.03 Å². The van der Waals surface area contributed by atoms with Crippen molar-refractivity contribution in [3.05, 3.63) is 41.0 Å². The molecule has 1 saturated heterocycles. The molecule has 2 amide bonds. The molecule has 1 aliphatic rings. The second kappa shape index (κ2) is 7.29. The molecule has 2 heterocycles. The van der Waals surface area contributed by atoms with Gasteiger partial charge in [-0.15, -0.1) is 0 Å². The Kier molecular flexibility index (Phi) is 5.25. The first-order valence-electron chi connectivity index (χ1n) is 8.84. The maximum absolute atomic E-state index is 12.7. The van der Waals surface area contributed by atoms with E-state index in [9.17, 15) is 9.90 Å². The molecule has 1 fully saturated rings. The number of amides is 2. The molecule has 2 N–H and O–H groups in total. The van der Waals surface area contributed by atoms with Crippen molar-refractivity contribution >= 4 is 23.4 Å². The maximum Gasteiger partial charge on any atom is 0.323 e. The molecule has 6 nitrogen and oxygen atoms in total. The van der Waals surface area contributed by atoms with E-state index < -0.39 is 0 Å². The Morgan fingerprint density at radius 1 is 1.38 bits per heavy atom. The summed E-state index contributed by atoms with van der Waals surface area (Å²) in [5.41, 5.74) is 1.49. The van der Waals surface area contributed by atoms with Crippen LogP contribution in [-0.2, 0) is 5.41 Å². The Hall–Kier alpha value is -2.05. The molecule has 0 bridgehead atoms. The molecule has 140 valence electrons. The molecule has 1 aliphatic heterocycles. The van der Waals surface area contributed by atoms with Crippen LogP contribution in [0.25, 0.3) is 5.69 Å². The fraction of sp³-hybridized carbons (Fsp3) is 0.474. The van der Waals surface area contributed by atoms with Crippen molar-refractivity contribution in [2.75, 3.05) is 18.5 Å². The lowest BCUT2D eigenvalue weighted by atomic mass is 9.92. The normalized spacial score (nSPS) is 17.6. The molecule has 1 atom stereocenters. The van der Waals surface area contributed by atoms with Gasteiger partial charge in [-0.1, -0.05) is 38.4 Å². The molecule has 26 heavy (non-hydrogen) atoms. The van der Waals surface area contributed by atoms with E-state index in [2.05, 4.69) is 31.2 Å². The standard InChI is InChI=1S/C19H25ClN4O2/c1-19(2,3)16-11-17(21-18(26)23-9-5-8-15(23)12-25)24(22-16)14-7-4-6-13(20)10-14/h4,6-7,10-11,15,25H,5,8-9,12H2,1-3H3,(H,21,26). The number of hydrogen-bond donors (Lipinski definition) is 2. The lowest BCUT2D eigenvalue weighted by Gasteiger charge is -2.23. The van der Waals surface area contributed by atoms with Crippen molar-refractivity contribution in [1.82, 2.24) is 14.7 Å². The quantitative estimate of drug-likeness (QED) is 0.855. The summed E-state index contributed by atoms with van der Waals surface area (Å²) in [7, 11) is 0. The summed E-state index contributed by atoms with van der Waals surface area (Å²) in [4.78, 5) is 14.4. The number of aromatic nitrogens is 2. The summed E-state index contributed by atoms with van der Waals surface area (Å²) in [5.74, 6) is 0.589. The van der Waals surface area contributed by atoms with Gasteiger partial charge in [0.05, 0.1) is 24.0 Å². The smallest absolute Gasteiger partial charge is 0.323 e. The van der Waals surface area contributed by atoms with Gasteiger partial charge in [-0.05, 0) is 31.0 Å². The second-order valence-corrected chi connectivity index (χ2v) is 8.10. The van der Waals surface area contributed by atoms with Crippen LogP contribution in [0.1, 0.15) is 39.3 Å². The molecule has 0 spiro atoms. The molecule has 3 rings (SSSR count). The zero-order valence-corrected chi connectivity index (χ0v) is 16.1. The fourth-order valence-electron chi connectivity index (χ4n) is 3.12. The number of nitrogens with one attached hydrogen (secondary N) is 1. The first-order chi connectivity index (χ1) is 12.3. The number of nitrogens with zero attached hydrogens (tertiary/aromatic N) is 3. The van der Waals surface area contributed by atoms with E-state index in [1.165, 1.54) is 0 Å². The monoisotopic (exact) mass is 376 g/mol. The lowest BCUT2D eigenvalue weighted by molar-refractivity contribution is 0.166. The number of carbonyl (C=O) groups excluding carboxylic acids is 1. The van der Waals surface area contributed by atoms with Gasteiger partial charge in [-0.25, -0.2) is 9.48 Å². The summed E-state index contributed by atoms with van der Waals surface area (Å²) < 4.78 is 1.70. The van der Waals surface area contributed by atoms with E-state index in [0.717, 1.165) is 24.2 Å². The van der Waals surface area contributed by atoms with Gasteiger partial charge in [-0.3, -0.25) is 5.32 Å². The van der Waals surface area contributed by atoms with Gasteiger partial charge < -0.3 is 10.0 Å². The molecule has 1 aromatic carbocycles. The van der Waals surface area contributed by atoms with Crippen LogP contribution in [-0.4, -0.2) is 45.0 Å². The van der Waals surface area contributed by atoms with Crippen molar-refractivity contribution in [3.63, 3.8) is 0 Å². The first-order valence-corrected chi connectivity index (χ1v) is 9.22. The highest BCUT2D eigenvalue weighted by atomic mass is 35.5. The number of benzene rings is 1. The highest BCUT2D eigenvalue weighted by Crippen LogP contribution is 2.28. The fourth-order valence-corrected chi connectivity index (χ4v) is 3.30. The average molecular weight is 377 g/mol. The predicted molar refractivity (Wildman–Crippen MR) is 103 cm³/mol. The van der Waals surface area contributed by atoms with Crippen molar-refractivity contribution in [2.24, 2.45) is 0 Å². The number of aliphatic hydroxyl groups is 1. The van der Waals surface area contributed by atoms with Crippen LogP contribution in [0.5, 0.6) is 0 Å². The Labute approximate surface area is 158 Å². The first kappa shape index (κ1) is 18.7. The molecule has 1 unspecified atom stereocenters. The van der Waals surface area contributed by atoms with Crippen molar-refractivity contribution in [1.29, 1.82) is 0 Å². The van der Waals surface area contributed by atoms with Crippen LogP contribution >= 0.6 is 11.6 Å². The molecule has 0 radical (unpaired) electrons. The Bertz CT molecular complexity index is 797. The van der Waals surface area contributed by atoms with E-state index >= 15 is 0 Å². The molecule has 2 aromatic rings. The molecule has 0 aliphatic carbocycles.